The van der Waals surface area contributed by atoms with Gasteiger partial charge in [-0.3, -0.25) is 4.79 Å². The molecule has 2 heterocycles. The topological polar surface area (TPSA) is 77.8 Å². The van der Waals surface area contributed by atoms with Gasteiger partial charge in [0, 0.05) is 12.0 Å². The third-order valence-corrected chi connectivity index (χ3v) is 5.34. The molecule has 1 unspecified atom stereocenters. The van der Waals surface area contributed by atoms with E-state index in [1.807, 2.05) is 6.07 Å². The summed E-state index contributed by atoms with van der Waals surface area (Å²) < 4.78 is 5.44. The molecule has 2 aliphatic rings. The lowest BCUT2D eigenvalue weighted by Gasteiger charge is -2.37. The van der Waals surface area contributed by atoms with E-state index in [0.29, 0.717) is 17.8 Å². The predicted molar refractivity (Wildman–Crippen MR) is 80.9 cm³/mol. The monoisotopic (exact) mass is 300 g/mol. The average molecular weight is 300 g/mol. The molecule has 1 aliphatic carbocycles. The zero-order valence-electron chi connectivity index (χ0n) is 12.0. The van der Waals surface area contributed by atoms with Crippen LogP contribution in [-0.2, 0) is 4.79 Å². The van der Waals surface area contributed by atoms with Crippen molar-refractivity contribution in [1.29, 1.82) is 10.7 Å². The minimum absolute atomic E-state index is 0.00288. The second-order valence-corrected chi connectivity index (χ2v) is 7.55. The first-order valence-corrected chi connectivity index (χ1v) is 7.76. The fraction of sp³-hybridized carbons (Fsp3) is 0.438. The molecular weight excluding hydrogens is 284 g/mol. The van der Waals surface area contributed by atoms with Gasteiger partial charge in [-0.15, -0.1) is 11.8 Å². The molecule has 4 nitrogen and oxygen atoms in total. The summed E-state index contributed by atoms with van der Waals surface area (Å²) in [6.07, 6.45) is 2.79. The van der Waals surface area contributed by atoms with E-state index in [-0.39, 0.29) is 22.2 Å². The first kappa shape index (κ1) is 14.2. The maximum atomic E-state index is 12.4. The van der Waals surface area contributed by atoms with Crippen LogP contribution < -0.4 is 0 Å². The smallest absolute Gasteiger partial charge is 0.166 e. The number of carbonyl (C=O) groups is 1. The number of furan rings is 1. The van der Waals surface area contributed by atoms with Gasteiger partial charge in [-0.05, 0) is 28.9 Å². The number of hydrogen-bond donors (Lipinski definition) is 1. The lowest BCUT2D eigenvalue weighted by molar-refractivity contribution is -0.117. The van der Waals surface area contributed by atoms with Crippen LogP contribution in [0.25, 0.3) is 0 Å². The highest BCUT2D eigenvalue weighted by molar-refractivity contribution is 8.03. The fourth-order valence-electron chi connectivity index (χ4n) is 3.00. The van der Waals surface area contributed by atoms with Crippen molar-refractivity contribution in [3.05, 3.63) is 34.6 Å². The van der Waals surface area contributed by atoms with Gasteiger partial charge in [-0.1, -0.05) is 13.8 Å². The summed E-state index contributed by atoms with van der Waals surface area (Å²) >= 11 is 1.52. The Morgan fingerprint density at radius 3 is 2.86 bits per heavy atom. The van der Waals surface area contributed by atoms with Crippen LogP contribution in [0.2, 0.25) is 0 Å². The van der Waals surface area contributed by atoms with Crippen LogP contribution in [0.5, 0.6) is 0 Å². The van der Waals surface area contributed by atoms with Gasteiger partial charge in [0.05, 0.1) is 23.3 Å². The Morgan fingerprint density at radius 1 is 1.48 bits per heavy atom. The summed E-state index contributed by atoms with van der Waals surface area (Å²) in [5, 5.41) is 17.5. The Labute approximate surface area is 127 Å². The standard InChI is InChI=1S/C16H16N2O2S/c1-16(2)6-10(19)13-12(7-16)21-15(9(8-17)14(13)18)11-4-3-5-20-11/h3-5,9,15,18H,6-7H2,1-2H3/t9?,15-/m0/s1. The van der Waals surface area contributed by atoms with E-state index in [9.17, 15) is 10.1 Å². The molecule has 0 saturated carbocycles. The largest absolute Gasteiger partial charge is 0.468 e. The molecule has 0 fully saturated rings. The van der Waals surface area contributed by atoms with Crippen LogP contribution >= 0.6 is 11.8 Å². The molecular formula is C16H16N2O2S. The third-order valence-electron chi connectivity index (χ3n) is 3.95. The summed E-state index contributed by atoms with van der Waals surface area (Å²) in [5.74, 6) is 0.0561. The minimum atomic E-state index is -0.634. The molecule has 108 valence electrons. The molecule has 2 atom stereocenters. The first-order chi connectivity index (χ1) is 9.93. The van der Waals surface area contributed by atoms with E-state index in [0.717, 1.165) is 11.3 Å². The van der Waals surface area contributed by atoms with Crippen LogP contribution in [0.4, 0.5) is 0 Å². The van der Waals surface area contributed by atoms with Crippen LogP contribution in [0.15, 0.2) is 33.3 Å². The number of rotatable bonds is 1. The van der Waals surface area contributed by atoms with Crippen LogP contribution in [0.3, 0.4) is 0 Å². The summed E-state index contributed by atoms with van der Waals surface area (Å²) in [6, 6.07) is 5.79. The van der Waals surface area contributed by atoms with Crippen molar-refractivity contribution in [1.82, 2.24) is 0 Å². The van der Waals surface area contributed by atoms with Crippen molar-refractivity contribution in [3.63, 3.8) is 0 Å². The lowest BCUT2D eigenvalue weighted by atomic mass is 9.74. The number of nitriles is 1. The highest BCUT2D eigenvalue weighted by atomic mass is 32.2. The maximum Gasteiger partial charge on any atom is 0.166 e. The second-order valence-electron chi connectivity index (χ2n) is 6.31. The molecule has 0 radical (unpaired) electrons. The summed E-state index contributed by atoms with van der Waals surface area (Å²) in [6.45, 7) is 4.13. The molecule has 21 heavy (non-hydrogen) atoms. The van der Waals surface area contributed by atoms with E-state index in [2.05, 4.69) is 19.9 Å². The van der Waals surface area contributed by atoms with Crippen molar-refractivity contribution < 1.29 is 9.21 Å². The van der Waals surface area contributed by atoms with Gasteiger partial charge in [-0.2, -0.15) is 5.26 Å². The molecule has 3 rings (SSSR count). The first-order valence-electron chi connectivity index (χ1n) is 6.88. The Hall–Kier alpha value is -1.80. The van der Waals surface area contributed by atoms with E-state index in [1.165, 1.54) is 11.8 Å². The molecule has 1 aliphatic heterocycles. The zero-order valence-corrected chi connectivity index (χ0v) is 12.8. The number of nitrogens with one attached hydrogen (secondary N) is 1. The van der Waals surface area contributed by atoms with E-state index in [1.54, 1.807) is 12.3 Å². The maximum absolute atomic E-state index is 12.4. The SMILES string of the molecule is CC1(C)CC(=O)C2=C(C1)S[C@H](c1ccco1)C(C#N)C2=N. The molecule has 1 N–H and O–H groups in total. The molecule has 0 saturated heterocycles. The number of thioether (sulfide) groups is 1. The average Bonchev–Trinajstić information content (AvgIpc) is 2.89. The number of ketones is 1. The Morgan fingerprint density at radius 2 is 2.24 bits per heavy atom. The highest BCUT2D eigenvalue weighted by Crippen LogP contribution is 2.53. The molecule has 1 aromatic heterocycles. The number of allylic oxidation sites excluding steroid dienone is 2. The number of hydrogen-bond acceptors (Lipinski definition) is 5. The number of carbonyl (C=O) groups excluding carboxylic acids is 1. The predicted octanol–water partition coefficient (Wildman–Crippen LogP) is 3.87. The number of nitrogens with zero attached hydrogens (tertiary/aromatic N) is 1. The van der Waals surface area contributed by atoms with Crippen LogP contribution in [0.1, 0.15) is 37.7 Å². The van der Waals surface area contributed by atoms with Gasteiger partial charge < -0.3 is 9.83 Å². The summed E-state index contributed by atoms with van der Waals surface area (Å²) in [7, 11) is 0. The minimum Gasteiger partial charge on any atom is -0.468 e. The van der Waals surface area contributed by atoms with Crippen LogP contribution in [-0.4, -0.2) is 11.5 Å². The van der Waals surface area contributed by atoms with Gasteiger partial charge in [-0.25, -0.2) is 0 Å². The molecule has 1 aromatic rings. The van der Waals surface area contributed by atoms with Gasteiger partial charge >= 0.3 is 0 Å². The molecule has 0 spiro atoms. The van der Waals surface area contributed by atoms with Gasteiger partial charge in [0.15, 0.2) is 5.78 Å². The molecule has 0 amide bonds. The van der Waals surface area contributed by atoms with Gasteiger partial charge in [0.25, 0.3) is 0 Å². The Balaban J connectivity index is 2.06. The van der Waals surface area contributed by atoms with E-state index < -0.39 is 5.92 Å². The van der Waals surface area contributed by atoms with Gasteiger partial charge in [0.2, 0.25) is 0 Å². The van der Waals surface area contributed by atoms with Crippen LogP contribution in [0, 0.1) is 28.1 Å². The quantitative estimate of drug-likeness (QED) is 0.854. The Bertz CT molecular complexity index is 680. The molecule has 5 heteroatoms. The normalized spacial score (nSPS) is 28.2. The van der Waals surface area contributed by atoms with Crippen molar-refractivity contribution >= 4 is 23.3 Å². The van der Waals surface area contributed by atoms with Gasteiger partial charge in [0.1, 0.15) is 11.7 Å². The zero-order chi connectivity index (χ0) is 15.2. The summed E-state index contributed by atoms with van der Waals surface area (Å²) in [5.41, 5.74) is 0.554. The third kappa shape index (κ3) is 2.34. The lowest BCUT2D eigenvalue weighted by Crippen LogP contribution is -2.35. The molecule has 0 bridgehead atoms. The van der Waals surface area contributed by atoms with E-state index in [4.69, 9.17) is 9.83 Å². The van der Waals surface area contributed by atoms with Crippen molar-refractivity contribution in [2.45, 2.75) is 31.9 Å². The van der Waals surface area contributed by atoms with Crippen molar-refractivity contribution in [2.75, 3.05) is 0 Å². The Kier molecular flexibility index (Phi) is 3.29. The van der Waals surface area contributed by atoms with E-state index >= 15 is 0 Å². The number of Topliss-reactive ketones (excluding diaryl/α,β-unsaturated/α-hetero) is 1. The second kappa shape index (κ2) is 4.88. The molecule has 0 aromatic carbocycles. The fourth-order valence-corrected chi connectivity index (χ4v) is 4.71. The summed E-state index contributed by atoms with van der Waals surface area (Å²) in [4.78, 5) is 13.3. The highest BCUT2D eigenvalue weighted by Gasteiger charge is 2.44. The van der Waals surface area contributed by atoms with Crippen molar-refractivity contribution in [3.8, 4) is 6.07 Å². The van der Waals surface area contributed by atoms with Crippen molar-refractivity contribution in [2.24, 2.45) is 11.3 Å².